The summed E-state index contributed by atoms with van der Waals surface area (Å²) in [5, 5.41) is 21.0. The maximum atomic E-state index is 10.5. The zero-order valence-corrected chi connectivity index (χ0v) is 19.4. The van der Waals surface area contributed by atoms with Crippen LogP contribution in [0.25, 0.3) is 0 Å². The van der Waals surface area contributed by atoms with Crippen molar-refractivity contribution in [3.05, 3.63) is 0 Å². The molecule has 0 aromatic rings. The number of carboxylic acid groups (broad SMARTS) is 2. The minimum Gasteiger partial charge on any atom is -0.549 e. The second-order valence-electron chi connectivity index (χ2n) is 5.59. The molecule has 0 N–H and O–H groups in total. The number of unbranched alkanes of at least 4 members (excludes halogenated alkanes) is 2. The summed E-state index contributed by atoms with van der Waals surface area (Å²) in [5.74, 6) is -4.54. The van der Waals surface area contributed by atoms with Crippen LogP contribution in [0.1, 0.15) is 65.2 Å². The van der Waals surface area contributed by atoms with Gasteiger partial charge < -0.3 is 24.7 Å². The molecule has 0 aliphatic carbocycles. The van der Waals surface area contributed by atoms with Gasteiger partial charge in [0.2, 0.25) is 0 Å². The van der Waals surface area contributed by atoms with Crippen molar-refractivity contribution in [2.45, 2.75) is 65.2 Å². The molecule has 0 bridgehead atoms. The molecule has 1 heterocycles. The number of nitrogens with zero attached hydrogens (tertiary/aromatic N) is 1. The smallest absolute Gasteiger partial charge is 0.549 e. The largest absolute Gasteiger partial charge is 1.00 e. The van der Waals surface area contributed by atoms with E-state index in [1.807, 2.05) is 0 Å². The van der Waals surface area contributed by atoms with Crippen molar-refractivity contribution in [1.29, 1.82) is 0 Å². The molecule has 0 saturated carbocycles. The number of carbonyl (C=O) groups is 2. The van der Waals surface area contributed by atoms with Gasteiger partial charge in [-0.2, -0.15) is 0 Å². The molecule has 5 nitrogen and oxygen atoms in total. The summed E-state index contributed by atoms with van der Waals surface area (Å²) in [5.41, 5.74) is 0. The van der Waals surface area contributed by atoms with Gasteiger partial charge >= 0.3 is 59.1 Å². The first-order chi connectivity index (χ1) is 10.0. The average Bonchev–Trinajstić information content (AvgIpc) is 2.47. The second kappa shape index (κ2) is 19.2. The second-order valence-corrected chi connectivity index (χ2v) is 5.59. The van der Waals surface area contributed by atoms with Crippen LogP contribution < -0.4 is 69.3 Å². The van der Waals surface area contributed by atoms with Crippen LogP contribution in [0.4, 0.5) is 0 Å². The Balaban J connectivity index is -0.000000598. The van der Waals surface area contributed by atoms with E-state index < -0.39 is 17.9 Å². The first-order valence-corrected chi connectivity index (χ1v) is 8.16. The Labute approximate surface area is 185 Å². The first kappa shape index (κ1) is 28.7. The Hall–Kier alpha value is 0.900. The van der Waals surface area contributed by atoms with E-state index >= 15 is 0 Å². The Bertz CT molecular complexity index is 282. The van der Waals surface area contributed by atoms with E-state index in [0.29, 0.717) is 6.42 Å². The Morgan fingerprint density at radius 3 is 1.78 bits per heavy atom. The van der Waals surface area contributed by atoms with Crippen molar-refractivity contribution in [1.82, 2.24) is 4.90 Å². The van der Waals surface area contributed by atoms with Crippen LogP contribution in [-0.4, -0.2) is 36.5 Å². The van der Waals surface area contributed by atoms with Crippen molar-refractivity contribution < 1.29 is 78.9 Å². The molecule has 7 heteroatoms. The van der Waals surface area contributed by atoms with Gasteiger partial charge in [0, 0.05) is 5.92 Å². The average molecular weight is 345 g/mol. The minimum atomic E-state index is -1.54. The van der Waals surface area contributed by atoms with Gasteiger partial charge in [0.05, 0.1) is 11.9 Å². The molecule has 0 spiro atoms. The number of carbonyl (C=O) groups excluding carboxylic acids is 2. The Morgan fingerprint density at radius 1 is 0.913 bits per heavy atom. The molecule has 1 aliphatic rings. The van der Waals surface area contributed by atoms with Crippen LogP contribution in [0, 0.1) is 5.92 Å². The molecule has 124 valence electrons. The standard InChI is InChI=1S/C12H21NO4.C4H10.2Na/c14-11(15)10(12(16)17)6-2-5-9-13-7-3-1-4-8-13;1-3-4-2;;/h10H,1-9H2,(H,14,15)(H,16,17);3-4H2,1-2H3;;/q;;2*+1/p-2. The molecule has 1 fully saturated rings. The van der Waals surface area contributed by atoms with E-state index in [4.69, 9.17) is 0 Å². The van der Waals surface area contributed by atoms with Gasteiger partial charge in [-0.05, 0) is 45.3 Å². The molecular formula is C16H29NNa2O4. The van der Waals surface area contributed by atoms with Crippen LogP contribution >= 0.6 is 0 Å². The summed E-state index contributed by atoms with van der Waals surface area (Å²) in [6.45, 7) is 7.49. The predicted octanol–water partition coefficient (Wildman–Crippen LogP) is -5.43. The molecule has 0 unspecified atom stereocenters. The number of rotatable bonds is 8. The molecule has 0 aromatic heterocycles. The van der Waals surface area contributed by atoms with Crippen molar-refractivity contribution in [3.63, 3.8) is 0 Å². The monoisotopic (exact) mass is 345 g/mol. The van der Waals surface area contributed by atoms with Crippen LogP contribution in [0.5, 0.6) is 0 Å². The topological polar surface area (TPSA) is 83.5 Å². The number of piperidine rings is 1. The maximum Gasteiger partial charge on any atom is 1.00 e. The molecule has 1 saturated heterocycles. The van der Waals surface area contributed by atoms with E-state index in [0.717, 1.165) is 26.1 Å². The van der Waals surface area contributed by atoms with Gasteiger partial charge in [-0.1, -0.05) is 39.5 Å². The number of hydrogen-bond acceptors (Lipinski definition) is 5. The molecule has 0 radical (unpaired) electrons. The summed E-state index contributed by atoms with van der Waals surface area (Å²) >= 11 is 0. The third kappa shape index (κ3) is 16.1. The summed E-state index contributed by atoms with van der Waals surface area (Å²) in [6.07, 6.45) is 7.90. The van der Waals surface area contributed by atoms with Crippen LogP contribution in [0.3, 0.4) is 0 Å². The molecule has 1 rings (SSSR count). The van der Waals surface area contributed by atoms with Gasteiger partial charge in [-0.15, -0.1) is 0 Å². The van der Waals surface area contributed by atoms with E-state index in [1.165, 1.54) is 32.1 Å². The third-order valence-electron chi connectivity index (χ3n) is 3.73. The van der Waals surface area contributed by atoms with E-state index in [2.05, 4.69) is 18.7 Å². The van der Waals surface area contributed by atoms with Crippen molar-refractivity contribution in [2.75, 3.05) is 19.6 Å². The van der Waals surface area contributed by atoms with Gasteiger partial charge in [-0.25, -0.2) is 0 Å². The summed E-state index contributed by atoms with van der Waals surface area (Å²) in [6, 6.07) is 0. The van der Waals surface area contributed by atoms with Crippen molar-refractivity contribution in [3.8, 4) is 0 Å². The Morgan fingerprint density at radius 2 is 1.39 bits per heavy atom. The molecule has 0 aromatic carbocycles. The molecule has 23 heavy (non-hydrogen) atoms. The van der Waals surface area contributed by atoms with Gasteiger partial charge in [0.15, 0.2) is 0 Å². The molecule has 0 amide bonds. The van der Waals surface area contributed by atoms with Crippen LogP contribution in [0.2, 0.25) is 0 Å². The first-order valence-electron chi connectivity index (χ1n) is 8.16. The van der Waals surface area contributed by atoms with Gasteiger partial charge in [-0.3, -0.25) is 0 Å². The Kier molecular flexibility index (Phi) is 24.0. The SMILES string of the molecule is CCCC.O=C([O-])C(CCCCN1CCCCC1)C(=O)[O-].[Na+].[Na+]. The summed E-state index contributed by atoms with van der Waals surface area (Å²) < 4.78 is 0. The summed E-state index contributed by atoms with van der Waals surface area (Å²) in [7, 11) is 0. The maximum absolute atomic E-state index is 10.5. The van der Waals surface area contributed by atoms with E-state index in [9.17, 15) is 19.8 Å². The third-order valence-corrected chi connectivity index (χ3v) is 3.73. The van der Waals surface area contributed by atoms with Gasteiger partial charge in [0.25, 0.3) is 0 Å². The zero-order chi connectivity index (χ0) is 16.1. The predicted molar refractivity (Wildman–Crippen MR) is 78.2 cm³/mol. The molecule has 1 aliphatic heterocycles. The number of hydrogen-bond donors (Lipinski definition) is 0. The zero-order valence-electron chi connectivity index (χ0n) is 15.4. The van der Waals surface area contributed by atoms with Crippen LogP contribution in [-0.2, 0) is 9.59 Å². The van der Waals surface area contributed by atoms with Gasteiger partial charge in [0.1, 0.15) is 0 Å². The van der Waals surface area contributed by atoms with Crippen molar-refractivity contribution >= 4 is 11.9 Å². The fourth-order valence-corrected chi connectivity index (χ4v) is 2.20. The summed E-state index contributed by atoms with van der Waals surface area (Å²) in [4.78, 5) is 23.3. The minimum absolute atomic E-state index is 0. The van der Waals surface area contributed by atoms with E-state index in [1.54, 1.807) is 0 Å². The number of aliphatic carboxylic acids is 2. The fraction of sp³-hybridized carbons (Fsp3) is 0.875. The number of carboxylic acids is 2. The fourth-order valence-electron chi connectivity index (χ4n) is 2.20. The van der Waals surface area contributed by atoms with Crippen molar-refractivity contribution in [2.24, 2.45) is 5.92 Å². The normalized spacial score (nSPS) is 14.0. The van der Waals surface area contributed by atoms with E-state index in [-0.39, 0.29) is 65.5 Å². The molecule has 0 atom stereocenters. The quantitative estimate of drug-likeness (QED) is 0.249. The van der Waals surface area contributed by atoms with Crippen LogP contribution in [0.15, 0.2) is 0 Å². The number of likely N-dealkylation sites (tertiary alicyclic amines) is 1. The molecular weight excluding hydrogens is 316 g/mol.